The average Bonchev–Trinajstić information content (AvgIpc) is 2.03. The van der Waals surface area contributed by atoms with Crippen molar-refractivity contribution in [3.05, 3.63) is 29.6 Å². The van der Waals surface area contributed by atoms with Crippen LogP contribution in [0, 0.1) is 6.92 Å². The normalized spacial score (nSPS) is 10.0. The van der Waals surface area contributed by atoms with Gasteiger partial charge in [0.15, 0.2) is 0 Å². The van der Waals surface area contributed by atoms with E-state index in [0.29, 0.717) is 6.61 Å². The second kappa shape index (κ2) is 4.05. The first-order valence-corrected chi connectivity index (χ1v) is 3.56. The zero-order chi connectivity index (χ0) is 8.10. The Morgan fingerprint density at radius 2 is 2.45 bits per heavy atom. The van der Waals surface area contributed by atoms with E-state index in [0.717, 1.165) is 6.42 Å². The first-order chi connectivity index (χ1) is 5.34. The van der Waals surface area contributed by atoms with Gasteiger partial charge in [-0.05, 0) is 30.5 Å². The van der Waals surface area contributed by atoms with Gasteiger partial charge in [-0.2, -0.15) is 0 Å². The van der Waals surface area contributed by atoms with Crippen LogP contribution in [-0.4, -0.2) is 11.6 Å². The molecule has 0 spiro atoms. The molecule has 1 rings (SSSR count). The molecule has 0 saturated heterocycles. The maximum atomic E-state index is 4.91. The monoisotopic (exact) mass is 152 g/mol. The van der Waals surface area contributed by atoms with Crippen LogP contribution in [0.4, 0.5) is 0 Å². The van der Waals surface area contributed by atoms with Crippen molar-refractivity contribution >= 4 is 0 Å². The fraction of sp³-hybridized carbons (Fsp3) is 0.375. The van der Waals surface area contributed by atoms with Crippen molar-refractivity contribution in [3.63, 3.8) is 0 Å². The summed E-state index contributed by atoms with van der Waals surface area (Å²) in [5.74, 6) is 4.91. The molecule has 0 aromatic carbocycles. The third-order valence-electron chi connectivity index (χ3n) is 1.63. The van der Waals surface area contributed by atoms with Gasteiger partial charge < -0.3 is 4.84 Å². The minimum atomic E-state index is 0.560. The summed E-state index contributed by atoms with van der Waals surface area (Å²) in [6.45, 7) is 2.59. The van der Waals surface area contributed by atoms with E-state index in [-0.39, 0.29) is 0 Å². The molecule has 0 atom stereocenters. The Hall–Kier alpha value is -0.930. The predicted molar refractivity (Wildman–Crippen MR) is 42.8 cm³/mol. The number of nitrogens with zero attached hydrogens (tertiary/aromatic N) is 1. The molecule has 0 radical (unpaired) electrons. The SMILES string of the molecule is Cc1cnccc1CCON. The van der Waals surface area contributed by atoms with Crippen LogP contribution in [0.5, 0.6) is 0 Å². The van der Waals surface area contributed by atoms with Crippen molar-refractivity contribution in [1.82, 2.24) is 4.98 Å². The number of hydrogen-bond donors (Lipinski definition) is 1. The van der Waals surface area contributed by atoms with Crippen LogP contribution in [0.15, 0.2) is 18.5 Å². The van der Waals surface area contributed by atoms with E-state index >= 15 is 0 Å². The van der Waals surface area contributed by atoms with Gasteiger partial charge >= 0.3 is 0 Å². The Balaban J connectivity index is 2.62. The predicted octanol–water partition coefficient (Wildman–Crippen LogP) is 0.823. The number of aryl methyl sites for hydroxylation is 1. The molecule has 0 aliphatic heterocycles. The van der Waals surface area contributed by atoms with Gasteiger partial charge in [0.2, 0.25) is 0 Å². The topological polar surface area (TPSA) is 48.1 Å². The zero-order valence-corrected chi connectivity index (χ0v) is 6.58. The average molecular weight is 152 g/mol. The van der Waals surface area contributed by atoms with Crippen molar-refractivity contribution < 1.29 is 4.84 Å². The quantitative estimate of drug-likeness (QED) is 0.652. The lowest BCUT2D eigenvalue weighted by Crippen LogP contribution is -2.04. The molecule has 0 amide bonds. The minimum absolute atomic E-state index is 0.560. The maximum absolute atomic E-state index is 4.91. The molecule has 11 heavy (non-hydrogen) atoms. The molecule has 0 fully saturated rings. The van der Waals surface area contributed by atoms with Crippen LogP contribution >= 0.6 is 0 Å². The Kier molecular flexibility index (Phi) is 3.01. The van der Waals surface area contributed by atoms with Gasteiger partial charge in [-0.3, -0.25) is 4.98 Å². The molecular weight excluding hydrogens is 140 g/mol. The molecule has 1 aromatic heterocycles. The van der Waals surface area contributed by atoms with Crippen LogP contribution in [0.2, 0.25) is 0 Å². The highest BCUT2D eigenvalue weighted by molar-refractivity contribution is 5.21. The van der Waals surface area contributed by atoms with Gasteiger partial charge in [0.1, 0.15) is 0 Å². The smallest absolute Gasteiger partial charge is 0.0719 e. The summed E-state index contributed by atoms with van der Waals surface area (Å²) >= 11 is 0. The molecule has 0 unspecified atom stereocenters. The van der Waals surface area contributed by atoms with Crippen LogP contribution in [0.3, 0.4) is 0 Å². The first-order valence-electron chi connectivity index (χ1n) is 3.56. The lowest BCUT2D eigenvalue weighted by molar-refractivity contribution is 0.141. The Labute approximate surface area is 66.2 Å². The highest BCUT2D eigenvalue weighted by Crippen LogP contribution is 2.04. The van der Waals surface area contributed by atoms with Crippen molar-refractivity contribution in [2.24, 2.45) is 5.90 Å². The third-order valence-corrected chi connectivity index (χ3v) is 1.63. The summed E-state index contributed by atoms with van der Waals surface area (Å²) in [6, 6.07) is 1.98. The van der Waals surface area contributed by atoms with Gasteiger partial charge in [-0.15, -0.1) is 0 Å². The summed E-state index contributed by atoms with van der Waals surface area (Å²) in [7, 11) is 0. The van der Waals surface area contributed by atoms with Gasteiger partial charge in [0.05, 0.1) is 6.61 Å². The molecule has 0 saturated carbocycles. The number of pyridine rings is 1. The summed E-state index contributed by atoms with van der Waals surface area (Å²) in [4.78, 5) is 8.46. The van der Waals surface area contributed by atoms with Crippen molar-refractivity contribution in [2.75, 3.05) is 6.61 Å². The molecule has 2 N–H and O–H groups in total. The van der Waals surface area contributed by atoms with E-state index in [9.17, 15) is 0 Å². The fourth-order valence-corrected chi connectivity index (χ4v) is 0.952. The van der Waals surface area contributed by atoms with E-state index in [1.807, 2.05) is 19.2 Å². The van der Waals surface area contributed by atoms with Crippen LogP contribution in [0.25, 0.3) is 0 Å². The first kappa shape index (κ1) is 8.17. The number of aromatic nitrogens is 1. The Morgan fingerprint density at radius 1 is 1.64 bits per heavy atom. The largest absolute Gasteiger partial charge is 0.304 e. The summed E-state index contributed by atoms with van der Waals surface area (Å²) in [5, 5.41) is 0. The lowest BCUT2D eigenvalue weighted by atomic mass is 10.1. The van der Waals surface area contributed by atoms with Crippen molar-refractivity contribution in [1.29, 1.82) is 0 Å². The molecule has 0 aliphatic rings. The summed E-state index contributed by atoms with van der Waals surface area (Å²) in [5.41, 5.74) is 2.43. The Morgan fingerprint density at radius 3 is 3.09 bits per heavy atom. The van der Waals surface area contributed by atoms with Crippen molar-refractivity contribution in [2.45, 2.75) is 13.3 Å². The van der Waals surface area contributed by atoms with E-state index < -0.39 is 0 Å². The molecular formula is C8H12N2O. The fourth-order valence-electron chi connectivity index (χ4n) is 0.952. The number of nitrogens with two attached hydrogens (primary N) is 1. The van der Waals surface area contributed by atoms with Crippen LogP contribution in [-0.2, 0) is 11.3 Å². The highest BCUT2D eigenvalue weighted by Gasteiger charge is 1.95. The van der Waals surface area contributed by atoms with Gasteiger partial charge in [-0.25, -0.2) is 5.90 Å². The zero-order valence-electron chi connectivity index (χ0n) is 6.58. The lowest BCUT2D eigenvalue weighted by Gasteiger charge is -2.02. The van der Waals surface area contributed by atoms with E-state index in [1.54, 1.807) is 6.20 Å². The van der Waals surface area contributed by atoms with Gasteiger partial charge in [-0.1, -0.05) is 0 Å². The molecule has 0 aliphatic carbocycles. The maximum Gasteiger partial charge on any atom is 0.0719 e. The van der Waals surface area contributed by atoms with Crippen molar-refractivity contribution in [3.8, 4) is 0 Å². The third kappa shape index (κ3) is 2.29. The molecule has 60 valence electrons. The van der Waals surface area contributed by atoms with Crippen LogP contribution in [0.1, 0.15) is 11.1 Å². The van der Waals surface area contributed by atoms with Gasteiger partial charge in [0.25, 0.3) is 0 Å². The van der Waals surface area contributed by atoms with Crippen LogP contribution < -0.4 is 5.90 Å². The molecule has 3 heteroatoms. The molecule has 3 nitrogen and oxygen atoms in total. The molecule has 0 bridgehead atoms. The standard InChI is InChI=1S/C8H12N2O/c1-7-6-10-4-2-8(7)3-5-11-9/h2,4,6H,3,5,9H2,1H3. The summed E-state index contributed by atoms with van der Waals surface area (Å²) in [6.07, 6.45) is 4.47. The van der Waals surface area contributed by atoms with E-state index in [2.05, 4.69) is 9.82 Å². The number of rotatable bonds is 3. The summed E-state index contributed by atoms with van der Waals surface area (Å²) < 4.78 is 0. The molecule has 1 heterocycles. The molecule has 1 aromatic rings. The Bertz CT molecular complexity index is 225. The second-order valence-electron chi connectivity index (χ2n) is 2.42. The highest BCUT2D eigenvalue weighted by atomic mass is 16.6. The second-order valence-corrected chi connectivity index (χ2v) is 2.42. The number of hydrogen-bond acceptors (Lipinski definition) is 3. The van der Waals surface area contributed by atoms with Gasteiger partial charge in [0, 0.05) is 12.4 Å². The van der Waals surface area contributed by atoms with E-state index in [4.69, 9.17) is 5.90 Å². The van der Waals surface area contributed by atoms with E-state index in [1.165, 1.54) is 11.1 Å². The minimum Gasteiger partial charge on any atom is -0.304 e.